The highest BCUT2D eigenvalue weighted by Gasteiger charge is 2.30. The maximum absolute atomic E-state index is 12.9. The van der Waals surface area contributed by atoms with Gasteiger partial charge in [0.15, 0.2) is 11.5 Å². The topological polar surface area (TPSA) is 107 Å². The van der Waals surface area contributed by atoms with Gasteiger partial charge in [0, 0.05) is 18.8 Å². The van der Waals surface area contributed by atoms with Crippen molar-refractivity contribution in [2.75, 3.05) is 30.1 Å². The summed E-state index contributed by atoms with van der Waals surface area (Å²) in [6, 6.07) is 8.64. The highest BCUT2D eigenvalue weighted by atomic mass is 32.2. The summed E-state index contributed by atoms with van der Waals surface area (Å²) in [6.45, 7) is 1.49. The maximum Gasteiger partial charge on any atom is 0.307 e. The number of nitrogens with one attached hydrogen (secondary N) is 1. The lowest BCUT2D eigenvalue weighted by Crippen LogP contribution is -2.45. The number of nitrogens with zero attached hydrogens (tertiary/aromatic N) is 2. The van der Waals surface area contributed by atoms with Crippen LogP contribution in [0.25, 0.3) is 10.2 Å². The molecule has 1 aromatic heterocycles. The number of methoxy groups -OCH3 is 2. The fourth-order valence-corrected chi connectivity index (χ4v) is 5.31. The minimum absolute atomic E-state index is 0.108. The van der Waals surface area contributed by atoms with E-state index in [-0.39, 0.29) is 10.6 Å². The van der Waals surface area contributed by atoms with E-state index in [2.05, 4.69) is 5.32 Å². The average Bonchev–Trinajstić information content (AvgIpc) is 2.99. The van der Waals surface area contributed by atoms with Gasteiger partial charge in [-0.25, -0.2) is 8.42 Å². The van der Waals surface area contributed by atoms with Crippen molar-refractivity contribution in [1.29, 1.82) is 0 Å². The smallest absolute Gasteiger partial charge is 0.307 e. The van der Waals surface area contributed by atoms with Crippen LogP contribution in [0, 0.1) is 0 Å². The molecule has 3 aromatic rings. The number of rotatable bonds is 7. The molecule has 1 unspecified atom stereocenters. The van der Waals surface area contributed by atoms with E-state index in [1.54, 1.807) is 37.4 Å². The number of hydrogen-bond acceptors (Lipinski definition) is 7. The van der Waals surface area contributed by atoms with Crippen LogP contribution in [-0.2, 0) is 21.9 Å². The Morgan fingerprint density at radius 3 is 2.42 bits per heavy atom. The van der Waals surface area contributed by atoms with Crippen LogP contribution >= 0.6 is 11.3 Å². The molecule has 0 aliphatic rings. The lowest BCUT2D eigenvalue weighted by Gasteiger charge is -2.28. The Morgan fingerprint density at radius 1 is 1.13 bits per heavy atom. The number of amides is 1. The molecule has 1 amide bonds. The van der Waals surface area contributed by atoms with Crippen LogP contribution in [0.3, 0.4) is 0 Å². The summed E-state index contributed by atoms with van der Waals surface area (Å²) in [5, 5.41) is 2.73. The molecule has 0 saturated heterocycles. The van der Waals surface area contributed by atoms with Crippen molar-refractivity contribution < 1.29 is 22.7 Å². The number of fused-ring (bicyclic) bond motifs is 1. The number of carbonyl (C=O) groups is 1. The van der Waals surface area contributed by atoms with Gasteiger partial charge in [-0.05, 0) is 37.3 Å². The van der Waals surface area contributed by atoms with E-state index in [0.717, 1.165) is 32.1 Å². The Bertz CT molecular complexity index is 1300. The molecular formula is C20H23N3O6S2. The zero-order valence-electron chi connectivity index (χ0n) is 17.7. The predicted octanol–water partition coefficient (Wildman–Crippen LogP) is 2.41. The number of anilines is 2. The van der Waals surface area contributed by atoms with E-state index in [1.165, 1.54) is 31.8 Å². The molecule has 0 aliphatic heterocycles. The van der Waals surface area contributed by atoms with Gasteiger partial charge in [0.05, 0.1) is 36.4 Å². The summed E-state index contributed by atoms with van der Waals surface area (Å²) in [4.78, 5) is 24.7. The van der Waals surface area contributed by atoms with Crippen LogP contribution in [0.4, 0.5) is 11.4 Å². The van der Waals surface area contributed by atoms with Gasteiger partial charge in [-0.3, -0.25) is 13.9 Å². The molecule has 1 atom stereocenters. The highest BCUT2D eigenvalue weighted by molar-refractivity contribution is 7.92. The number of aryl methyl sites for hydroxylation is 1. The number of benzene rings is 2. The minimum atomic E-state index is -3.80. The molecule has 3 rings (SSSR count). The second kappa shape index (κ2) is 8.60. The number of hydrogen-bond donors (Lipinski definition) is 1. The Hall–Kier alpha value is -3.05. The van der Waals surface area contributed by atoms with Gasteiger partial charge in [0.25, 0.3) is 0 Å². The number of carbonyl (C=O) groups excluding carboxylic acids is 1. The third-order valence-corrected chi connectivity index (χ3v) is 7.01. The minimum Gasteiger partial charge on any atom is -0.493 e. The second-order valence-electron chi connectivity index (χ2n) is 6.87. The Labute approximate surface area is 183 Å². The fourth-order valence-electron chi connectivity index (χ4n) is 3.23. The second-order valence-corrected chi connectivity index (χ2v) is 9.73. The largest absolute Gasteiger partial charge is 0.493 e. The summed E-state index contributed by atoms with van der Waals surface area (Å²) in [6.07, 6.45) is 1.03. The molecule has 9 nitrogen and oxygen atoms in total. The Kier molecular flexibility index (Phi) is 6.27. The third kappa shape index (κ3) is 4.52. The van der Waals surface area contributed by atoms with Gasteiger partial charge in [-0.15, -0.1) is 0 Å². The molecule has 0 saturated carbocycles. The molecule has 11 heteroatoms. The third-order valence-electron chi connectivity index (χ3n) is 4.77. The van der Waals surface area contributed by atoms with Gasteiger partial charge in [0.2, 0.25) is 15.9 Å². The van der Waals surface area contributed by atoms with Gasteiger partial charge >= 0.3 is 4.87 Å². The summed E-state index contributed by atoms with van der Waals surface area (Å²) in [5.41, 5.74) is 1.48. The SMILES string of the molecule is COc1ccc(N(C(C)C(=O)Nc2ccc3c(c2)sc(=O)n3C)S(C)(=O)=O)cc1OC. The van der Waals surface area contributed by atoms with Crippen LogP contribution in [0.1, 0.15) is 6.92 Å². The maximum atomic E-state index is 12.9. The standard InChI is InChI=1S/C20H23N3O6S2/c1-12(19(24)21-13-6-8-15-18(10-13)30-20(25)22(15)2)23(31(5,26)27)14-7-9-16(28-3)17(11-14)29-4/h6-12H,1-5H3,(H,21,24). The summed E-state index contributed by atoms with van der Waals surface area (Å²) in [5.74, 6) is 0.250. The molecule has 0 fully saturated rings. The molecule has 0 bridgehead atoms. The van der Waals surface area contributed by atoms with Crippen LogP contribution in [0.2, 0.25) is 0 Å². The normalized spacial score (nSPS) is 12.4. The van der Waals surface area contributed by atoms with E-state index >= 15 is 0 Å². The lowest BCUT2D eigenvalue weighted by molar-refractivity contribution is -0.116. The quantitative estimate of drug-likeness (QED) is 0.574. The Balaban J connectivity index is 1.92. The number of aromatic nitrogens is 1. The fraction of sp³-hybridized carbons (Fsp3) is 0.300. The summed E-state index contributed by atoms with van der Waals surface area (Å²) in [7, 11) is 0.788. The zero-order chi connectivity index (χ0) is 22.9. The van der Waals surface area contributed by atoms with Crippen molar-refractivity contribution in [2.24, 2.45) is 7.05 Å². The first-order chi connectivity index (χ1) is 14.6. The molecule has 1 N–H and O–H groups in total. The molecule has 0 radical (unpaired) electrons. The molecule has 0 aliphatic carbocycles. The Morgan fingerprint density at radius 2 is 1.81 bits per heavy atom. The number of sulfonamides is 1. The van der Waals surface area contributed by atoms with E-state index in [1.807, 2.05) is 0 Å². The first kappa shape index (κ1) is 22.6. The van der Waals surface area contributed by atoms with E-state index < -0.39 is 22.0 Å². The molecule has 1 heterocycles. The molecule has 0 spiro atoms. The van der Waals surface area contributed by atoms with Gasteiger partial charge < -0.3 is 19.4 Å². The molecular weight excluding hydrogens is 442 g/mol. The van der Waals surface area contributed by atoms with E-state index in [9.17, 15) is 18.0 Å². The molecule has 31 heavy (non-hydrogen) atoms. The van der Waals surface area contributed by atoms with Crippen molar-refractivity contribution in [1.82, 2.24) is 4.57 Å². The van der Waals surface area contributed by atoms with Crippen molar-refractivity contribution in [2.45, 2.75) is 13.0 Å². The zero-order valence-corrected chi connectivity index (χ0v) is 19.3. The van der Waals surface area contributed by atoms with Gasteiger partial charge in [-0.2, -0.15) is 0 Å². The van der Waals surface area contributed by atoms with Crippen LogP contribution in [0.5, 0.6) is 11.5 Å². The summed E-state index contributed by atoms with van der Waals surface area (Å²) < 4.78 is 38.8. The first-order valence-electron chi connectivity index (χ1n) is 9.18. The molecule has 166 valence electrons. The predicted molar refractivity (Wildman–Crippen MR) is 122 cm³/mol. The first-order valence-corrected chi connectivity index (χ1v) is 11.8. The highest BCUT2D eigenvalue weighted by Crippen LogP contribution is 2.33. The number of thiazole rings is 1. The van der Waals surface area contributed by atoms with E-state index in [4.69, 9.17) is 9.47 Å². The lowest BCUT2D eigenvalue weighted by atomic mass is 10.2. The molecule has 2 aromatic carbocycles. The summed E-state index contributed by atoms with van der Waals surface area (Å²) >= 11 is 1.07. The van der Waals surface area contributed by atoms with Crippen LogP contribution < -0.4 is 24.0 Å². The van der Waals surface area contributed by atoms with Gasteiger partial charge in [0.1, 0.15) is 6.04 Å². The van der Waals surface area contributed by atoms with Crippen molar-refractivity contribution >= 4 is 48.9 Å². The van der Waals surface area contributed by atoms with Crippen LogP contribution in [-0.4, -0.2) is 45.4 Å². The number of ether oxygens (including phenoxy) is 2. The van der Waals surface area contributed by atoms with Crippen molar-refractivity contribution in [3.05, 3.63) is 46.1 Å². The van der Waals surface area contributed by atoms with Crippen molar-refractivity contribution in [3.63, 3.8) is 0 Å². The monoisotopic (exact) mass is 465 g/mol. The van der Waals surface area contributed by atoms with Crippen LogP contribution in [0.15, 0.2) is 41.2 Å². The van der Waals surface area contributed by atoms with E-state index in [0.29, 0.717) is 17.2 Å². The van der Waals surface area contributed by atoms with Gasteiger partial charge in [-0.1, -0.05) is 11.3 Å². The average molecular weight is 466 g/mol. The van der Waals surface area contributed by atoms with Crippen molar-refractivity contribution in [3.8, 4) is 11.5 Å².